The molecule has 0 saturated heterocycles. The van der Waals surface area contributed by atoms with E-state index in [1.165, 1.54) is 0 Å². The molecule has 4 heteroatoms. The van der Waals surface area contributed by atoms with Crippen molar-refractivity contribution in [3.63, 3.8) is 0 Å². The van der Waals surface area contributed by atoms with Crippen LogP contribution < -0.4 is 0 Å². The van der Waals surface area contributed by atoms with Crippen LogP contribution in [0.5, 0.6) is 0 Å². The summed E-state index contributed by atoms with van der Waals surface area (Å²) in [6.45, 7) is 0. The Morgan fingerprint density at radius 3 is 1.82 bits per heavy atom. The summed E-state index contributed by atoms with van der Waals surface area (Å²) in [6, 6.07) is 3.65. The van der Waals surface area contributed by atoms with Gasteiger partial charge in [0.1, 0.15) is 0 Å². The van der Waals surface area contributed by atoms with Gasteiger partial charge in [-0.3, -0.25) is 0 Å². The Bertz CT molecular complexity index is 196. The van der Waals surface area contributed by atoms with E-state index in [2.05, 4.69) is 20.2 Å². The zero-order chi connectivity index (χ0) is 7.78. The quantitative estimate of drug-likeness (QED) is 0.603. The van der Waals surface area contributed by atoms with Gasteiger partial charge in [-0.1, -0.05) is 0 Å². The van der Waals surface area contributed by atoms with Gasteiger partial charge >= 0.3 is 0 Å². The van der Waals surface area contributed by atoms with Crippen LogP contribution in [0, 0.1) is 0 Å². The maximum atomic E-state index is 3.67. The highest BCUT2D eigenvalue weighted by Crippen LogP contribution is 1.68. The Kier molecular flexibility index (Phi) is 3.43. The number of hydrogen-bond donors (Lipinski definition) is 1. The van der Waals surface area contributed by atoms with Crippen molar-refractivity contribution >= 4 is 0 Å². The molecule has 0 aliphatic heterocycles. The summed E-state index contributed by atoms with van der Waals surface area (Å²) < 4.78 is 0. The molecule has 0 saturated carbocycles. The molecule has 2 aromatic heterocycles. The lowest BCUT2D eigenvalue weighted by Gasteiger charge is -1.69. The van der Waals surface area contributed by atoms with E-state index in [1.807, 2.05) is 12.1 Å². The Hall–Kier alpha value is -1.71. The number of rotatable bonds is 0. The van der Waals surface area contributed by atoms with E-state index in [0.717, 1.165) is 0 Å². The van der Waals surface area contributed by atoms with Crippen LogP contribution in [-0.2, 0) is 0 Å². The minimum atomic E-state index is 1.62. The fourth-order valence-corrected chi connectivity index (χ4v) is 0.469. The number of H-pyrrole nitrogens is 1. The zero-order valence-corrected chi connectivity index (χ0v) is 5.88. The molecule has 0 radical (unpaired) electrons. The van der Waals surface area contributed by atoms with Crippen LogP contribution >= 0.6 is 0 Å². The molecule has 0 aliphatic carbocycles. The van der Waals surface area contributed by atoms with Crippen molar-refractivity contribution in [3.05, 3.63) is 43.2 Å². The number of aromatic nitrogens is 4. The molecule has 0 bridgehead atoms. The van der Waals surface area contributed by atoms with E-state index in [0.29, 0.717) is 0 Å². The molecule has 11 heavy (non-hydrogen) atoms. The molecule has 0 aromatic carbocycles. The smallest absolute Gasteiger partial charge is 0.0919 e. The topological polar surface area (TPSA) is 54.5 Å². The van der Waals surface area contributed by atoms with Crippen molar-refractivity contribution in [2.45, 2.75) is 0 Å². The highest BCUT2D eigenvalue weighted by molar-refractivity contribution is 4.79. The summed E-state index contributed by atoms with van der Waals surface area (Å²) in [5.41, 5.74) is 0. The van der Waals surface area contributed by atoms with Gasteiger partial charge in [-0.25, -0.2) is 4.98 Å². The minimum absolute atomic E-state index is 1.62. The number of nitrogens with zero attached hydrogens (tertiary/aromatic N) is 3. The number of imidazole rings is 1. The third-order valence-electron chi connectivity index (χ3n) is 0.889. The van der Waals surface area contributed by atoms with E-state index in [9.17, 15) is 0 Å². The second kappa shape index (κ2) is 5.10. The highest BCUT2D eigenvalue weighted by atomic mass is 15.1. The van der Waals surface area contributed by atoms with Crippen LogP contribution in [0.25, 0.3) is 0 Å². The molecule has 2 aromatic rings. The maximum absolute atomic E-state index is 3.67. The van der Waals surface area contributed by atoms with Gasteiger partial charge in [0.25, 0.3) is 0 Å². The van der Waals surface area contributed by atoms with Crippen molar-refractivity contribution in [1.29, 1.82) is 0 Å². The second-order valence-corrected chi connectivity index (χ2v) is 1.67. The maximum Gasteiger partial charge on any atom is 0.0919 e. The molecule has 0 fully saturated rings. The predicted octanol–water partition coefficient (Wildman–Crippen LogP) is 0.886. The normalized spacial score (nSPS) is 8.00. The summed E-state index contributed by atoms with van der Waals surface area (Å²) in [4.78, 5) is 6.42. The van der Waals surface area contributed by atoms with Crippen LogP contribution in [-0.4, -0.2) is 20.2 Å². The first-order valence-corrected chi connectivity index (χ1v) is 3.14. The SMILES string of the molecule is c1c[nH]cn1.c1ccnnc1. The minimum Gasteiger partial charge on any atom is -0.351 e. The first-order valence-electron chi connectivity index (χ1n) is 3.14. The van der Waals surface area contributed by atoms with Crippen LogP contribution in [0.4, 0.5) is 0 Å². The van der Waals surface area contributed by atoms with Gasteiger partial charge in [0.05, 0.1) is 6.33 Å². The monoisotopic (exact) mass is 148 g/mol. The fraction of sp³-hybridized carbons (Fsp3) is 0. The van der Waals surface area contributed by atoms with E-state index in [1.54, 1.807) is 31.1 Å². The molecule has 56 valence electrons. The molecule has 2 rings (SSSR count). The van der Waals surface area contributed by atoms with Gasteiger partial charge in [-0.05, 0) is 12.1 Å². The Morgan fingerprint density at radius 2 is 1.64 bits per heavy atom. The average molecular weight is 148 g/mol. The van der Waals surface area contributed by atoms with Gasteiger partial charge in [-0.15, -0.1) is 0 Å². The van der Waals surface area contributed by atoms with Crippen LogP contribution in [0.1, 0.15) is 0 Å². The highest BCUT2D eigenvalue weighted by Gasteiger charge is 1.59. The molecule has 0 spiro atoms. The number of nitrogens with one attached hydrogen (secondary N) is 1. The lowest BCUT2D eigenvalue weighted by atomic mass is 10.6. The molecule has 2 heterocycles. The van der Waals surface area contributed by atoms with E-state index in [4.69, 9.17) is 0 Å². The van der Waals surface area contributed by atoms with Gasteiger partial charge in [0.2, 0.25) is 0 Å². The molecular weight excluding hydrogens is 140 g/mol. The van der Waals surface area contributed by atoms with E-state index >= 15 is 0 Å². The summed E-state index contributed by atoms with van der Waals surface area (Å²) in [7, 11) is 0. The van der Waals surface area contributed by atoms with Crippen molar-refractivity contribution in [2.75, 3.05) is 0 Å². The summed E-state index contributed by atoms with van der Waals surface area (Å²) in [5, 5.41) is 7.07. The molecule has 0 unspecified atom stereocenters. The zero-order valence-electron chi connectivity index (χ0n) is 5.88. The lowest BCUT2D eigenvalue weighted by molar-refractivity contribution is 1.03. The summed E-state index contributed by atoms with van der Waals surface area (Å²) >= 11 is 0. The average Bonchev–Trinajstić information content (AvgIpc) is 2.64. The first-order chi connectivity index (χ1) is 5.50. The van der Waals surface area contributed by atoms with Crippen molar-refractivity contribution < 1.29 is 0 Å². The van der Waals surface area contributed by atoms with Crippen LogP contribution in [0.3, 0.4) is 0 Å². The summed E-state index contributed by atoms with van der Waals surface area (Å²) in [6.07, 6.45) is 8.36. The number of aromatic amines is 1. The molecule has 0 aliphatic rings. The Balaban J connectivity index is 0.000000112. The Labute approximate surface area is 64.3 Å². The van der Waals surface area contributed by atoms with Gasteiger partial charge in [0, 0.05) is 24.8 Å². The molecule has 0 amide bonds. The Morgan fingerprint density at radius 1 is 0.909 bits per heavy atom. The summed E-state index contributed by atoms with van der Waals surface area (Å²) in [5.74, 6) is 0. The predicted molar refractivity (Wildman–Crippen MR) is 40.6 cm³/mol. The van der Waals surface area contributed by atoms with E-state index < -0.39 is 0 Å². The fourth-order valence-electron chi connectivity index (χ4n) is 0.469. The van der Waals surface area contributed by atoms with Crippen molar-refractivity contribution in [1.82, 2.24) is 20.2 Å². The van der Waals surface area contributed by atoms with Crippen molar-refractivity contribution in [2.24, 2.45) is 0 Å². The van der Waals surface area contributed by atoms with Gasteiger partial charge in [-0.2, -0.15) is 10.2 Å². The largest absolute Gasteiger partial charge is 0.351 e. The number of hydrogen-bond acceptors (Lipinski definition) is 3. The second-order valence-electron chi connectivity index (χ2n) is 1.67. The van der Waals surface area contributed by atoms with E-state index in [-0.39, 0.29) is 0 Å². The third-order valence-corrected chi connectivity index (χ3v) is 0.889. The standard InChI is InChI=1S/C4H4N2.C3H4N2/c1-2-4-6-5-3-1;1-2-5-3-4-1/h1-4H;1-3H,(H,4,5). The first kappa shape index (κ1) is 7.40. The lowest BCUT2D eigenvalue weighted by Crippen LogP contribution is -1.69. The van der Waals surface area contributed by atoms with Gasteiger partial charge < -0.3 is 4.98 Å². The molecule has 4 nitrogen and oxygen atoms in total. The third kappa shape index (κ3) is 3.80. The molecule has 0 atom stereocenters. The van der Waals surface area contributed by atoms with Crippen LogP contribution in [0.2, 0.25) is 0 Å². The van der Waals surface area contributed by atoms with Crippen LogP contribution in [0.15, 0.2) is 43.2 Å². The van der Waals surface area contributed by atoms with Gasteiger partial charge in [0.15, 0.2) is 0 Å². The molecular formula is C7H8N4. The molecule has 1 N–H and O–H groups in total. The van der Waals surface area contributed by atoms with Crippen molar-refractivity contribution in [3.8, 4) is 0 Å².